The van der Waals surface area contributed by atoms with E-state index in [1.807, 2.05) is 23.6 Å². The van der Waals surface area contributed by atoms with E-state index in [-0.39, 0.29) is 6.04 Å². The second kappa shape index (κ2) is 4.76. The molecular formula is C12H11Cl2NS. The Balaban J connectivity index is 2.45. The molecule has 1 unspecified atom stereocenters. The van der Waals surface area contributed by atoms with Crippen LogP contribution in [0, 0.1) is 6.92 Å². The van der Waals surface area contributed by atoms with Crippen molar-refractivity contribution < 1.29 is 0 Å². The topological polar surface area (TPSA) is 26.0 Å². The van der Waals surface area contributed by atoms with Crippen molar-refractivity contribution in [3.8, 4) is 0 Å². The fourth-order valence-corrected chi connectivity index (χ4v) is 2.97. The molecule has 0 saturated carbocycles. The molecule has 0 amide bonds. The molecule has 1 nitrogen and oxygen atoms in total. The molecule has 1 atom stereocenters. The van der Waals surface area contributed by atoms with E-state index >= 15 is 0 Å². The first-order valence-electron chi connectivity index (χ1n) is 4.84. The first-order chi connectivity index (χ1) is 7.59. The van der Waals surface area contributed by atoms with Crippen LogP contribution >= 0.6 is 34.5 Å². The van der Waals surface area contributed by atoms with E-state index in [1.54, 1.807) is 11.3 Å². The van der Waals surface area contributed by atoms with Gasteiger partial charge in [0.05, 0.1) is 6.04 Å². The molecular weight excluding hydrogens is 261 g/mol. The fraction of sp³-hybridized carbons (Fsp3) is 0.167. The lowest BCUT2D eigenvalue weighted by molar-refractivity contribution is 0.876. The number of halogens is 2. The summed E-state index contributed by atoms with van der Waals surface area (Å²) in [6, 6.07) is 7.24. The molecule has 1 heterocycles. The lowest BCUT2D eigenvalue weighted by Crippen LogP contribution is -2.12. The predicted molar refractivity (Wildman–Crippen MR) is 71.5 cm³/mol. The maximum Gasteiger partial charge on any atom is 0.0589 e. The average molecular weight is 272 g/mol. The zero-order chi connectivity index (χ0) is 11.7. The Morgan fingerprint density at radius 2 is 1.88 bits per heavy atom. The predicted octanol–water partition coefficient (Wildman–Crippen LogP) is 4.41. The van der Waals surface area contributed by atoms with Crippen LogP contribution in [-0.4, -0.2) is 0 Å². The Morgan fingerprint density at radius 1 is 1.25 bits per heavy atom. The SMILES string of the molecule is Cc1cc(C(N)c2c(Cl)cccc2Cl)cs1. The summed E-state index contributed by atoms with van der Waals surface area (Å²) in [5.41, 5.74) is 8.02. The Morgan fingerprint density at radius 3 is 2.38 bits per heavy atom. The van der Waals surface area contributed by atoms with E-state index in [2.05, 4.69) is 13.0 Å². The lowest BCUT2D eigenvalue weighted by atomic mass is 10.0. The van der Waals surface area contributed by atoms with Crippen LogP contribution in [0.4, 0.5) is 0 Å². The maximum atomic E-state index is 6.17. The minimum absolute atomic E-state index is 0.258. The normalized spacial score (nSPS) is 12.8. The van der Waals surface area contributed by atoms with E-state index in [1.165, 1.54) is 4.88 Å². The Hall–Kier alpha value is -0.540. The van der Waals surface area contributed by atoms with Gasteiger partial charge in [0.2, 0.25) is 0 Å². The van der Waals surface area contributed by atoms with Crippen molar-refractivity contribution in [2.24, 2.45) is 5.73 Å². The van der Waals surface area contributed by atoms with Crippen LogP contribution in [0.1, 0.15) is 22.0 Å². The molecule has 0 radical (unpaired) electrons. The highest BCUT2D eigenvalue weighted by atomic mass is 35.5. The van der Waals surface area contributed by atoms with E-state index in [4.69, 9.17) is 28.9 Å². The van der Waals surface area contributed by atoms with Crippen molar-refractivity contribution in [3.05, 3.63) is 55.7 Å². The highest BCUT2D eigenvalue weighted by Crippen LogP contribution is 2.33. The third-order valence-electron chi connectivity index (χ3n) is 2.42. The van der Waals surface area contributed by atoms with Crippen molar-refractivity contribution in [3.63, 3.8) is 0 Å². The van der Waals surface area contributed by atoms with Gasteiger partial charge in [-0.1, -0.05) is 29.3 Å². The van der Waals surface area contributed by atoms with Gasteiger partial charge in [0.15, 0.2) is 0 Å². The number of aryl methyl sites for hydroxylation is 1. The molecule has 0 aliphatic carbocycles. The molecule has 2 N–H and O–H groups in total. The van der Waals surface area contributed by atoms with Gasteiger partial charge in [-0.15, -0.1) is 11.3 Å². The van der Waals surface area contributed by atoms with Gasteiger partial charge in [0.25, 0.3) is 0 Å². The van der Waals surface area contributed by atoms with Crippen LogP contribution in [0.5, 0.6) is 0 Å². The lowest BCUT2D eigenvalue weighted by Gasteiger charge is -2.14. The number of hydrogen-bond acceptors (Lipinski definition) is 2. The highest BCUT2D eigenvalue weighted by molar-refractivity contribution is 7.10. The zero-order valence-corrected chi connectivity index (χ0v) is 11.0. The van der Waals surface area contributed by atoms with Gasteiger partial charge in [0.1, 0.15) is 0 Å². The van der Waals surface area contributed by atoms with Crippen LogP contribution in [0.25, 0.3) is 0 Å². The number of benzene rings is 1. The van der Waals surface area contributed by atoms with Gasteiger partial charge in [-0.2, -0.15) is 0 Å². The van der Waals surface area contributed by atoms with E-state index in [0.717, 1.165) is 11.1 Å². The van der Waals surface area contributed by atoms with Gasteiger partial charge in [-0.05, 0) is 36.1 Å². The number of nitrogens with two attached hydrogens (primary N) is 1. The monoisotopic (exact) mass is 271 g/mol. The summed E-state index contributed by atoms with van der Waals surface area (Å²) >= 11 is 13.9. The van der Waals surface area contributed by atoms with Gasteiger partial charge in [-0.3, -0.25) is 0 Å². The molecule has 0 fully saturated rings. The van der Waals surface area contributed by atoms with Crippen molar-refractivity contribution in [1.82, 2.24) is 0 Å². The fourth-order valence-electron chi connectivity index (χ4n) is 1.60. The van der Waals surface area contributed by atoms with Crippen LogP contribution in [0.15, 0.2) is 29.6 Å². The number of rotatable bonds is 2. The molecule has 2 aromatic rings. The minimum Gasteiger partial charge on any atom is -0.320 e. The van der Waals surface area contributed by atoms with E-state index in [9.17, 15) is 0 Å². The highest BCUT2D eigenvalue weighted by Gasteiger charge is 2.16. The molecule has 4 heteroatoms. The summed E-state index contributed by atoms with van der Waals surface area (Å²) in [5.74, 6) is 0. The largest absolute Gasteiger partial charge is 0.320 e. The van der Waals surface area contributed by atoms with Gasteiger partial charge in [0, 0.05) is 20.5 Å². The van der Waals surface area contributed by atoms with Gasteiger partial charge in [-0.25, -0.2) is 0 Å². The summed E-state index contributed by atoms with van der Waals surface area (Å²) < 4.78 is 0. The number of thiophene rings is 1. The van der Waals surface area contributed by atoms with Crippen LogP contribution in [0.3, 0.4) is 0 Å². The van der Waals surface area contributed by atoms with Crippen molar-refractivity contribution >= 4 is 34.5 Å². The van der Waals surface area contributed by atoms with Crippen LogP contribution in [0.2, 0.25) is 10.0 Å². The Kier molecular flexibility index (Phi) is 3.55. The van der Waals surface area contributed by atoms with E-state index in [0.29, 0.717) is 10.0 Å². The molecule has 0 bridgehead atoms. The summed E-state index contributed by atoms with van der Waals surface area (Å²) in [7, 11) is 0. The number of hydrogen-bond donors (Lipinski definition) is 1. The molecule has 2 rings (SSSR count). The quantitative estimate of drug-likeness (QED) is 0.860. The Labute approximate surface area is 109 Å². The second-order valence-electron chi connectivity index (χ2n) is 3.60. The summed E-state index contributed by atoms with van der Waals surface area (Å²) in [6.45, 7) is 2.05. The standard InChI is InChI=1S/C12H11Cl2NS/c1-7-5-8(6-16-7)12(15)11-9(13)3-2-4-10(11)14/h2-6,12H,15H2,1H3. The van der Waals surface area contributed by atoms with Crippen molar-refractivity contribution in [2.45, 2.75) is 13.0 Å². The first-order valence-corrected chi connectivity index (χ1v) is 6.47. The molecule has 16 heavy (non-hydrogen) atoms. The van der Waals surface area contributed by atoms with Gasteiger partial charge >= 0.3 is 0 Å². The zero-order valence-electron chi connectivity index (χ0n) is 8.71. The average Bonchev–Trinajstić information content (AvgIpc) is 2.64. The van der Waals surface area contributed by atoms with Crippen LogP contribution < -0.4 is 5.73 Å². The molecule has 1 aromatic heterocycles. The molecule has 0 aliphatic heterocycles. The summed E-state index contributed by atoms with van der Waals surface area (Å²) in [5, 5.41) is 3.27. The third-order valence-corrected chi connectivity index (χ3v) is 3.96. The molecule has 84 valence electrons. The van der Waals surface area contributed by atoms with Crippen LogP contribution in [-0.2, 0) is 0 Å². The second-order valence-corrected chi connectivity index (χ2v) is 5.53. The molecule has 0 saturated heterocycles. The molecule has 0 aliphatic rings. The molecule has 0 spiro atoms. The summed E-state index contributed by atoms with van der Waals surface area (Å²) in [6.07, 6.45) is 0. The minimum atomic E-state index is -0.258. The third kappa shape index (κ3) is 2.25. The molecule has 1 aromatic carbocycles. The maximum absolute atomic E-state index is 6.17. The summed E-state index contributed by atoms with van der Waals surface area (Å²) in [4.78, 5) is 1.23. The van der Waals surface area contributed by atoms with Crippen molar-refractivity contribution in [2.75, 3.05) is 0 Å². The Bertz CT molecular complexity index is 487. The first kappa shape index (κ1) is 11.9. The van der Waals surface area contributed by atoms with Gasteiger partial charge < -0.3 is 5.73 Å². The smallest absolute Gasteiger partial charge is 0.0589 e. The van der Waals surface area contributed by atoms with Crippen molar-refractivity contribution in [1.29, 1.82) is 0 Å². The van der Waals surface area contributed by atoms with E-state index < -0.39 is 0 Å².